The van der Waals surface area contributed by atoms with Gasteiger partial charge in [-0.1, -0.05) is 58.4 Å². The fourth-order valence-electron chi connectivity index (χ4n) is 1.95. The van der Waals surface area contributed by atoms with E-state index in [0.29, 0.717) is 6.54 Å². The molecule has 3 heteroatoms. The van der Waals surface area contributed by atoms with Crippen molar-refractivity contribution in [1.29, 1.82) is 0 Å². The summed E-state index contributed by atoms with van der Waals surface area (Å²) in [5.41, 5.74) is 2.31. The first-order chi connectivity index (χ1) is 10.2. The largest absolute Gasteiger partial charge is 0.353 e. The molecule has 2 aromatic carbocycles. The summed E-state index contributed by atoms with van der Waals surface area (Å²) < 4.78 is 1.03. The molecule has 0 unspecified atom stereocenters. The molecule has 1 N–H and O–H groups in total. The van der Waals surface area contributed by atoms with Gasteiger partial charge in [0, 0.05) is 17.1 Å². The van der Waals surface area contributed by atoms with E-state index < -0.39 is 0 Å². The van der Waals surface area contributed by atoms with Gasteiger partial charge in [-0.15, -0.1) is 0 Å². The minimum atomic E-state index is -0.0500. The predicted molar refractivity (Wildman–Crippen MR) is 90.9 cm³/mol. The molecule has 0 aliphatic carbocycles. The zero-order valence-corrected chi connectivity index (χ0v) is 13.3. The summed E-state index contributed by atoms with van der Waals surface area (Å²) in [6.45, 7) is 0.693. The number of amides is 1. The van der Waals surface area contributed by atoms with E-state index in [-0.39, 0.29) is 5.91 Å². The van der Waals surface area contributed by atoms with E-state index >= 15 is 0 Å². The first-order valence-electron chi connectivity index (χ1n) is 6.99. The molecule has 1 amide bonds. The Kier molecular flexibility index (Phi) is 6.22. The number of benzene rings is 2. The van der Waals surface area contributed by atoms with Crippen LogP contribution in [-0.2, 0) is 11.2 Å². The highest BCUT2D eigenvalue weighted by Crippen LogP contribution is 2.11. The number of halogens is 1. The second kappa shape index (κ2) is 8.42. The monoisotopic (exact) mass is 343 g/mol. The summed E-state index contributed by atoms with van der Waals surface area (Å²) in [6.07, 6.45) is 5.32. The van der Waals surface area contributed by atoms with Crippen molar-refractivity contribution < 1.29 is 4.79 Å². The van der Waals surface area contributed by atoms with E-state index in [1.165, 1.54) is 5.56 Å². The number of hydrogen-bond acceptors (Lipinski definition) is 1. The fraction of sp³-hybridized carbons (Fsp3) is 0.167. The lowest BCUT2D eigenvalue weighted by molar-refractivity contribution is -0.116. The van der Waals surface area contributed by atoms with Gasteiger partial charge in [0.15, 0.2) is 0 Å². The summed E-state index contributed by atoms with van der Waals surface area (Å²) in [5.74, 6) is -0.0500. The Bertz CT molecular complexity index is 590. The molecule has 0 bridgehead atoms. The van der Waals surface area contributed by atoms with Crippen LogP contribution in [0, 0.1) is 0 Å². The van der Waals surface area contributed by atoms with E-state index in [1.54, 1.807) is 6.08 Å². The maximum absolute atomic E-state index is 11.7. The van der Waals surface area contributed by atoms with Gasteiger partial charge in [0.05, 0.1) is 0 Å². The maximum Gasteiger partial charge on any atom is 0.243 e. The zero-order valence-electron chi connectivity index (χ0n) is 11.8. The molecule has 0 saturated carbocycles. The van der Waals surface area contributed by atoms with Crippen LogP contribution in [0.2, 0.25) is 0 Å². The summed E-state index contributed by atoms with van der Waals surface area (Å²) in [7, 11) is 0. The van der Waals surface area contributed by atoms with E-state index in [2.05, 4.69) is 33.4 Å². The van der Waals surface area contributed by atoms with Crippen molar-refractivity contribution in [2.45, 2.75) is 12.8 Å². The molecule has 0 aliphatic heterocycles. The number of rotatable bonds is 6. The van der Waals surface area contributed by atoms with Crippen LogP contribution in [0.4, 0.5) is 0 Å². The molecule has 2 rings (SSSR count). The van der Waals surface area contributed by atoms with Crippen LogP contribution in [0.5, 0.6) is 0 Å². The molecular formula is C18H18BrNO. The van der Waals surface area contributed by atoms with Crippen molar-refractivity contribution in [3.63, 3.8) is 0 Å². The molecule has 0 spiro atoms. The van der Waals surface area contributed by atoms with Gasteiger partial charge in [0.1, 0.15) is 0 Å². The summed E-state index contributed by atoms with van der Waals surface area (Å²) in [4.78, 5) is 11.7. The smallest absolute Gasteiger partial charge is 0.243 e. The lowest BCUT2D eigenvalue weighted by Crippen LogP contribution is -2.22. The number of carbonyl (C=O) groups is 1. The minimum Gasteiger partial charge on any atom is -0.353 e. The van der Waals surface area contributed by atoms with Crippen molar-refractivity contribution in [2.24, 2.45) is 0 Å². The van der Waals surface area contributed by atoms with Gasteiger partial charge in [-0.25, -0.2) is 0 Å². The molecule has 0 atom stereocenters. The van der Waals surface area contributed by atoms with E-state index in [9.17, 15) is 4.79 Å². The fourth-order valence-corrected chi connectivity index (χ4v) is 2.22. The topological polar surface area (TPSA) is 29.1 Å². The Morgan fingerprint density at radius 1 is 1.05 bits per heavy atom. The normalized spacial score (nSPS) is 10.7. The molecule has 0 aromatic heterocycles. The number of nitrogens with one attached hydrogen (secondary N) is 1. The average molecular weight is 344 g/mol. The third-order valence-electron chi connectivity index (χ3n) is 3.08. The molecule has 0 fully saturated rings. The standard InChI is InChI=1S/C18H18BrNO/c19-17-11-8-16(9-12-17)10-13-18(21)20-14-4-7-15-5-2-1-3-6-15/h1-3,5-6,8-13H,4,7,14H2,(H,20,21)/b13-10+. The summed E-state index contributed by atoms with van der Waals surface area (Å²) >= 11 is 3.38. The van der Waals surface area contributed by atoms with Gasteiger partial charge >= 0.3 is 0 Å². The van der Waals surface area contributed by atoms with Crippen LogP contribution in [0.25, 0.3) is 6.08 Å². The van der Waals surface area contributed by atoms with E-state index in [4.69, 9.17) is 0 Å². The van der Waals surface area contributed by atoms with Gasteiger partial charge in [0.25, 0.3) is 0 Å². The van der Waals surface area contributed by atoms with Gasteiger partial charge in [-0.05, 0) is 42.2 Å². The van der Waals surface area contributed by atoms with Crippen molar-refractivity contribution in [3.05, 3.63) is 76.3 Å². The molecule has 108 valence electrons. The van der Waals surface area contributed by atoms with Gasteiger partial charge in [-0.3, -0.25) is 4.79 Å². The highest BCUT2D eigenvalue weighted by atomic mass is 79.9. The highest BCUT2D eigenvalue weighted by molar-refractivity contribution is 9.10. The molecule has 2 nitrogen and oxygen atoms in total. The Labute approximate surface area is 134 Å². The summed E-state index contributed by atoms with van der Waals surface area (Å²) in [6, 6.07) is 18.1. The number of carbonyl (C=O) groups excluding carboxylic acids is 1. The SMILES string of the molecule is O=C(/C=C/c1ccc(Br)cc1)NCCCc1ccccc1. The molecule has 0 saturated heterocycles. The molecule has 21 heavy (non-hydrogen) atoms. The van der Waals surface area contributed by atoms with E-state index in [1.807, 2.05) is 48.5 Å². The second-order valence-electron chi connectivity index (χ2n) is 4.77. The van der Waals surface area contributed by atoms with E-state index in [0.717, 1.165) is 22.9 Å². The van der Waals surface area contributed by atoms with Crippen LogP contribution in [0.1, 0.15) is 17.5 Å². The van der Waals surface area contributed by atoms with Crippen LogP contribution in [-0.4, -0.2) is 12.5 Å². The second-order valence-corrected chi connectivity index (χ2v) is 5.68. The van der Waals surface area contributed by atoms with Crippen molar-refractivity contribution in [2.75, 3.05) is 6.54 Å². The first-order valence-corrected chi connectivity index (χ1v) is 7.79. The Morgan fingerprint density at radius 2 is 1.76 bits per heavy atom. The number of hydrogen-bond donors (Lipinski definition) is 1. The van der Waals surface area contributed by atoms with Gasteiger partial charge < -0.3 is 5.32 Å². The van der Waals surface area contributed by atoms with Crippen molar-refractivity contribution in [1.82, 2.24) is 5.32 Å². The molecule has 0 aliphatic rings. The highest BCUT2D eigenvalue weighted by Gasteiger charge is 1.96. The average Bonchev–Trinajstić information content (AvgIpc) is 2.52. The Hall–Kier alpha value is -1.87. The van der Waals surface area contributed by atoms with Crippen LogP contribution < -0.4 is 5.32 Å². The molecular weight excluding hydrogens is 326 g/mol. The molecule has 0 heterocycles. The van der Waals surface area contributed by atoms with Crippen molar-refractivity contribution >= 4 is 27.9 Å². The quantitative estimate of drug-likeness (QED) is 0.617. The lowest BCUT2D eigenvalue weighted by atomic mass is 10.1. The predicted octanol–water partition coefficient (Wildman–Crippen LogP) is 4.21. The Morgan fingerprint density at radius 3 is 2.48 bits per heavy atom. The first kappa shape index (κ1) is 15.5. The van der Waals surface area contributed by atoms with Crippen molar-refractivity contribution in [3.8, 4) is 0 Å². The van der Waals surface area contributed by atoms with Gasteiger partial charge in [-0.2, -0.15) is 0 Å². The third-order valence-corrected chi connectivity index (χ3v) is 3.61. The minimum absolute atomic E-state index is 0.0500. The maximum atomic E-state index is 11.7. The van der Waals surface area contributed by atoms with Crippen LogP contribution in [0.3, 0.4) is 0 Å². The van der Waals surface area contributed by atoms with Gasteiger partial charge in [0.2, 0.25) is 5.91 Å². The van der Waals surface area contributed by atoms with Crippen LogP contribution >= 0.6 is 15.9 Å². The third kappa shape index (κ3) is 5.96. The summed E-state index contributed by atoms with van der Waals surface area (Å²) in [5, 5.41) is 2.90. The lowest BCUT2D eigenvalue weighted by Gasteiger charge is -2.02. The molecule has 2 aromatic rings. The number of aryl methyl sites for hydroxylation is 1. The zero-order chi connectivity index (χ0) is 14.9. The Balaban J connectivity index is 1.69. The molecule has 0 radical (unpaired) electrons. The van der Waals surface area contributed by atoms with Crippen LogP contribution in [0.15, 0.2) is 65.1 Å².